The highest BCUT2D eigenvalue weighted by molar-refractivity contribution is 6.34. The van der Waals surface area contributed by atoms with Gasteiger partial charge in [-0.25, -0.2) is 4.79 Å². The van der Waals surface area contributed by atoms with Crippen molar-refractivity contribution in [3.05, 3.63) is 76.8 Å². The van der Waals surface area contributed by atoms with E-state index in [0.29, 0.717) is 11.4 Å². The van der Waals surface area contributed by atoms with Gasteiger partial charge in [0.15, 0.2) is 6.61 Å². The molecule has 0 aliphatic rings. The van der Waals surface area contributed by atoms with Crippen molar-refractivity contribution < 1.29 is 23.8 Å². The second-order valence-corrected chi connectivity index (χ2v) is 7.16. The summed E-state index contributed by atoms with van der Waals surface area (Å²) in [4.78, 5) is 24.1. The van der Waals surface area contributed by atoms with E-state index in [4.69, 9.17) is 25.8 Å². The van der Waals surface area contributed by atoms with E-state index in [1.165, 1.54) is 31.9 Å². The Labute approximate surface area is 185 Å². The van der Waals surface area contributed by atoms with Crippen LogP contribution in [0, 0.1) is 6.92 Å². The van der Waals surface area contributed by atoms with Crippen molar-refractivity contribution in [2.24, 2.45) is 0 Å². The van der Waals surface area contributed by atoms with Crippen molar-refractivity contribution in [3.63, 3.8) is 0 Å². The van der Waals surface area contributed by atoms with Crippen molar-refractivity contribution in [1.29, 1.82) is 0 Å². The SMILES string of the molecule is COC(=O)c1cc(Cl)c(NC(=O)COc2ccc(-c3ccc(C)cc3)cc2)cc1OC. The molecule has 0 bridgehead atoms. The quantitative estimate of drug-likeness (QED) is 0.517. The Kier molecular flexibility index (Phi) is 7.15. The molecule has 7 heteroatoms. The first-order valence-electron chi connectivity index (χ1n) is 9.47. The summed E-state index contributed by atoms with van der Waals surface area (Å²) in [6.45, 7) is 1.84. The maximum atomic E-state index is 12.3. The van der Waals surface area contributed by atoms with E-state index in [9.17, 15) is 9.59 Å². The minimum atomic E-state index is -0.589. The van der Waals surface area contributed by atoms with E-state index < -0.39 is 11.9 Å². The number of ether oxygens (including phenoxy) is 3. The molecule has 0 atom stereocenters. The molecular formula is C24H22ClNO5. The van der Waals surface area contributed by atoms with Crippen LogP contribution in [-0.2, 0) is 9.53 Å². The molecule has 1 amide bonds. The van der Waals surface area contributed by atoms with Crippen molar-refractivity contribution in [1.82, 2.24) is 0 Å². The standard InChI is InChI=1S/C24H22ClNO5/c1-15-4-6-16(7-5-15)17-8-10-18(11-9-17)31-14-23(27)26-21-13-22(29-2)19(12-20(21)25)24(28)30-3/h4-13H,14H2,1-3H3,(H,26,27). The molecule has 0 saturated heterocycles. The number of anilines is 1. The first-order chi connectivity index (χ1) is 14.9. The molecule has 0 aliphatic carbocycles. The Morgan fingerprint density at radius 3 is 2.13 bits per heavy atom. The topological polar surface area (TPSA) is 73.9 Å². The first-order valence-corrected chi connectivity index (χ1v) is 9.84. The van der Waals surface area contributed by atoms with Crippen LogP contribution in [0.15, 0.2) is 60.7 Å². The van der Waals surface area contributed by atoms with Gasteiger partial charge in [0.2, 0.25) is 0 Å². The zero-order valence-corrected chi connectivity index (χ0v) is 18.2. The number of hydrogen-bond acceptors (Lipinski definition) is 5. The van der Waals surface area contributed by atoms with E-state index in [0.717, 1.165) is 11.1 Å². The summed E-state index contributed by atoms with van der Waals surface area (Å²) in [6.07, 6.45) is 0. The molecule has 1 N–H and O–H groups in total. The minimum Gasteiger partial charge on any atom is -0.496 e. The summed E-state index contributed by atoms with van der Waals surface area (Å²) >= 11 is 6.19. The smallest absolute Gasteiger partial charge is 0.341 e. The zero-order valence-electron chi connectivity index (χ0n) is 17.4. The molecule has 3 rings (SSSR count). The molecule has 0 aliphatic heterocycles. The van der Waals surface area contributed by atoms with Gasteiger partial charge < -0.3 is 19.5 Å². The van der Waals surface area contributed by atoms with Gasteiger partial charge in [-0.15, -0.1) is 0 Å². The number of methoxy groups -OCH3 is 2. The Morgan fingerprint density at radius 1 is 0.935 bits per heavy atom. The fourth-order valence-corrected chi connectivity index (χ4v) is 3.12. The van der Waals surface area contributed by atoms with Gasteiger partial charge in [-0.2, -0.15) is 0 Å². The van der Waals surface area contributed by atoms with Gasteiger partial charge in [0.1, 0.15) is 17.1 Å². The Morgan fingerprint density at radius 2 is 1.55 bits per heavy atom. The first kappa shape index (κ1) is 22.2. The molecule has 6 nitrogen and oxygen atoms in total. The van der Waals surface area contributed by atoms with E-state index >= 15 is 0 Å². The highest BCUT2D eigenvalue weighted by Gasteiger charge is 2.17. The molecule has 0 spiro atoms. The number of carbonyl (C=O) groups excluding carboxylic acids is 2. The number of aryl methyl sites for hydroxylation is 1. The van der Waals surface area contributed by atoms with Crippen LogP contribution in [-0.4, -0.2) is 32.7 Å². The Hall–Kier alpha value is -3.51. The highest BCUT2D eigenvalue weighted by atomic mass is 35.5. The maximum absolute atomic E-state index is 12.3. The fraction of sp³-hybridized carbons (Fsp3) is 0.167. The van der Waals surface area contributed by atoms with Crippen molar-refractivity contribution in [2.45, 2.75) is 6.92 Å². The molecule has 0 radical (unpaired) electrons. The van der Waals surface area contributed by atoms with Gasteiger partial charge in [-0.1, -0.05) is 53.6 Å². The van der Waals surface area contributed by atoms with Crippen LogP contribution in [0.4, 0.5) is 5.69 Å². The normalized spacial score (nSPS) is 10.3. The van der Waals surface area contributed by atoms with Crippen molar-refractivity contribution >= 4 is 29.2 Å². The van der Waals surface area contributed by atoms with Crippen molar-refractivity contribution in [2.75, 3.05) is 26.1 Å². The summed E-state index contributed by atoms with van der Waals surface area (Å²) < 4.78 is 15.5. The summed E-state index contributed by atoms with van der Waals surface area (Å²) in [7, 11) is 2.67. The van der Waals surface area contributed by atoms with Gasteiger partial charge in [0, 0.05) is 6.07 Å². The molecule has 0 aromatic heterocycles. The molecule has 0 fully saturated rings. The minimum absolute atomic E-state index is 0.165. The van der Waals surface area contributed by atoms with Crippen LogP contribution in [0.2, 0.25) is 5.02 Å². The number of esters is 1. The van der Waals surface area contributed by atoms with E-state index in [1.54, 1.807) is 0 Å². The van der Waals surface area contributed by atoms with E-state index in [-0.39, 0.29) is 22.9 Å². The second kappa shape index (κ2) is 10.00. The number of benzene rings is 3. The van der Waals surface area contributed by atoms with E-state index in [1.807, 2.05) is 31.2 Å². The van der Waals surface area contributed by atoms with Gasteiger partial charge in [0.25, 0.3) is 5.91 Å². The second-order valence-electron chi connectivity index (χ2n) is 6.75. The summed E-state index contributed by atoms with van der Waals surface area (Å²) in [6, 6.07) is 18.6. The summed E-state index contributed by atoms with van der Waals surface area (Å²) in [5.74, 6) is -0.193. The average Bonchev–Trinajstić information content (AvgIpc) is 2.79. The number of rotatable bonds is 7. The van der Waals surface area contributed by atoms with Crippen LogP contribution < -0.4 is 14.8 Å². The lowest BCUT2D eigenvalue weighted by atomic mass is 10.0. The maximum Gasteiger partial charge on any atom is 0.341 e. The van der Waals surface area contributed by atoms with Crippen LogP contribution in [0.5, 0.6) is 11.5 Å². The van der Waals surface area contributed by atoms with Gasteiger partial charge in [-0.3, -0.25) is 4.79 Å². The largest absolute Gasteiger partial charge is 0.496 e. The predicted molar refractivity (Wildman–Crippen MR) is 120 cm³/mol. The fourth-order valence-electron chi connectivity index (χ4n) is 2.91. The monoisotopic (exact) mass is 439 g/mol. The lowest BCUT2D eigenvalue weighted by molar-refractivity contribution is -0.118. The third-order valence-corrected chi connectivity index (χ3v) is 4.89. The molecular weight excluding hydrogens is 418 g/mol. The number of nitrogens with one attached hydrogen (secondary N) is 1. The lowest BCUT2D eigenvalue weighted by Crippen LogP contribution is -2.20. The summed E-state index contributed by atoms with van der Waals surface area (Å²) in [5.41, 5.74) is 3.83. The number of hydrogen-bond donors (Lipinski definition) is 1. The van der Waals surface area contributed by atoms with Crippen LogP contribution >= 0.6 is 11.6 Å². The summed E-state index contributed by atoms with van der Waals surface area (Å²) in [5, 5.41) is 2.83. The number of halogens is 1. The molecule has 3 aromatic carbocycles. The van der Waals surface area contributed by atoms with Gasteiger partial charge in [0.05, 0.1) is 24.9 Å². The van der Waals surface area contributed by atoms with E-state index in [2.05, 4.69) is 29.6 Å². The number of amides is 1. The Balaban J connectivity index is 1.62. The number of carbonyl (C=O) groups is 2. The lowest BCUT2D eigenvalue weighted by Gasteiger charge is -2.13. The molecule has 160 valence electrons. The van der Waals surface area contributed by atoms with Crippen LogP contribution in [0.25, 0.3) is 11.1 Å². The third-order valence-electron chi connectivity index (χ3n) is 4.58. The molecule has 0 saturated carbocycles. The third kappa shape index (κ3) is 5.55. The van der Waals surface area contributed by atoms with Crippen molar-refractivity contribution in [3.8, 4) is 22.6 Å². The van der Waals surface area contributed by atoms with Crippen LogP contribution in [0.1, 0.15) is 15.9 Å². The molecule has 0 unspecified atom stereocenters. The molecule has 31 heavy (non-hydrogen) atoms. The highest BCUT2D eigenvalue weighted by Crippen LogP contribution is 2.31. The Bertz CT molecular complexity index is 1080. The molecule has 3 aromatic rings. The predicted octanol–water partition coefficient (Wildman–Crippen LogP) is 5.13. The average molecular weight is 440 g/mol. The van der Waals surface area contributed by atoms with Crippen LogP contribution in [0.3, 0.4) is 0 Å². The molecule has 0 heterocycles. The zero-order chi connectivity index (χ0) is 22.4. The van der Waals surface area contributed by atoms with Gasteiger partial charge in [-0.05, 0) is 36.2 Å². The van der Waals surface area contributed by atoms with Gasteiger partial charge >= 0.3 is 5.97 Å².